The van der Waals surface area contributed by atoms with Crippen LogP contribution in [0.15, 0.2) is 24.5 Å². The lowest BCUT2D eigenvalue weighted by Crippen LogP contribution is -2.04. The summed E-state index contributed by atoms with van der Waals surface area (Å²) in [6.07, 6.45) is 4.28. The third kappa shape index (κ3) is 1.24. The summed E-state index contributed by atoms with van der Waals surface area (Å²) >= 11 is 5.94. The molecule has 2 aromatic heterocycles. The Morgan fingerprint density at radius 2 is 2.29 bits per heavy atom. The van der Waals surface area contributed by atoms with Crippen molar-refractivity contribution in [2.24, 2.45) is 0 Å². The second-order valence-electron chi connectivity index (χ2n) is 3.62. The Morgan fingerprint density at radius 1 is 1.43 bits per heavy atom. The smallest absolute Gasteiger partial charge is 0.154 e. The molecule has 0 bridgehead atoms. The van der Waals surface area contributed by atoms with E-state index in [9.17, 15) is 0 Å². The zero-order valence-corrected chi connectivity index (χ0v) is 8.33. The van der Waals surface area contributed by atoms with E-state index in [2.05, 4.69) is 10.3 Å². The number of imidazole rings is 1. The number of pyridine rings is 1. The molecule has 0 saturated heterocycles. The Morgan fingerprint density at radius 3 is 3.07 bits per heavy atom. The third-order valence-electron chi connectivity index (χ3n) is 2.45. The van der Waals surface area contributed by atoms with Gasteiger partial charge >= 0.3 is 0 Å². The molecule has 1 aliphatic rings. The minimum atomic E-state index is 0.560. The van der Waals surface area contributed by atoms with E-state index in [1.807, 2.05) is 22.6 Å². The van der Waals surface area contributed by atoms with Crippen LogP contribution >= 0.6 is 11.6 Å². The van der Waals surface area contributed by atoms with Gasteiger partial charge in [-0.25, -0.2) is 4.98 Å². The molecule has 4 heteroatoms. The van der Waals surface area contributed by atoms with Crippen molar-refractivity contribution in [3.63, 3.8) is 0 Å². The minimum absolute atomic E-state index is 0.560. The molecule has 3 nitrogen and oxygen atoms in total. The van der Waals surface area contributed by atoms with E-state index < -0.39 is 0 Å². The average Bonchev–Trinajstić information content (AvgIpc) is 2.92. The number of nitrogens with one attached hydrogen (secondary N) is 1. The van der Waals surface area contributed by atoms with Crippen molar-refractivity contribution < 1.29 is 0 Å². The molecule has 14 heavy (non-hydrogen) atoms. The molecule has 72 valence electrons. The van der Waals surface area contributed by atoms with Gasteiger partial charge in [0.1, 0.15) is 12.1 Å². The molecule has 0 aromatic carbocycles. The fraction of sp³-hybridized carbons (Fsp3) is 0.300. The first-order valence-electron chi connectivity index (χ1n) is 4.73. The molecule has 1 fully saturated rings. The second-order valence-corrected chi connectivity index (χ2v) is 3.98. The minimum Gasteiger partial charge on any atom is -0.368 e. The van der Waals surface area contributed by atoms with E-state index >= 15 is 0 Å². The normalized spacial score (nSPS) is 16.1. The van der Waals surface area contributed by atoms with Crippen molar-refractivity contribution in [1.29, 1.82) is 0 Å². The molecule has 0 amide bonds. The van der Waals surface area contributed by atoms with E-state index in [0.717, 1.165) is 11.3 Å². The van der Waals surface area contributed by atoms with Crippen LogP contribution in [0.5, 0.6) is 0 Å². The van der Waals surface area contributed by atoms with Crippen LogP contribution in [0.1, 0.15) is 12.8 Å². The van der Waals surface area contributed by atoms with Gasteiger partial charge in [0.25, 0.3) is 0 Å². The Kier molecular flexibility index (Phi) is 1.67. The molecule has 1 aliphatic carbocycles. The van der Waals surface area contributed by atoms with Gasteiger partial charge in [0.15, 0.2) is 5.15 Å². The second kappa shape index (κ2) is 2.89. The zero-order chi connectivity index (χ0) is 9.54. The first-order chi connectivity index (χ1) is 6.84. The first-order valence-corrected chi connectivity index (χ1v) is 5.10. The van der Waals surface area contributed by atoms with E-state index in [1.54, 1.807) is 6.33 Å². The van der Waals surface area contributed by atoms with Crippen molar-refractivity contribution >= 4 is 22.9 Å². The fourth-order valence-electron chi connectivity index (χ4n) is 1.54. The average molecular weight is 208 g/mol. The van der Waals surface area contributed by atoms with Crippen LogP contribution in [0.4, 0.5) is 5.82 Å². The van der Waals surface area contributed by atoms with Gasteiger partial charge in [0, 0.05) is 6.04 Å². The fourth-order valence-corrected chi connectivity index (χ4v) is 1.74. The molecule has 1 saturated carbocycles. The summed E-state index contributed by atoms with van der Waals surface area (Å²) < 4.78 is 1.99. The number of rotatable bonds is 2. The number of halogens is 1. The topological polar surface area (TPSA) is 29.3 Å². The van der Waals surface area contributed by atoms with Gasteiger partial charge in [-0.2, -0.15) is 0 Å². The molecule has 0 atom stereocenters. The highest BCUT2D eigenvalue weighted by molar-refractivity contribution is 6.32. The van der Waals surface area contributed by atoms with Gasteiger partial charge in [-0.3, -0.25) is 4.40 Å². The molecular formula is C10H10ClN3. The maximum Gasteiger partial charge on any atom is 0.154 e. The van der Waals surface area contributed by atoms with E-state index in [4.69, 9.17) is 11.6 Å². The van der Waals surface area contributed by atoms with E-state index in [0.29, 0.717) is 11.2 Å². The molecule has 2 heterocycles. The number of nitrogens with zero attached hydrogens (tertiary/aromatic N) is 2. The summed E-state index contributed by atoms with van der Waals surface area (Å²) in [5, 5.41) is 4.00. The van der Waals surface area contributed by atoms with Crippen LogP contribution in [0, 0.1) is 0 Å². The quantitative estimate of drug-likeness (QED) is 0.820. The Labute approximate surface area is 86.7 Å². The van der Waals surface area contributed by atoms with Crippen LogP contribution < -0.4 is 5.32 Å². The standard InChI is InChI=1S/C10H10ClN3/c11-10-8-2-1-3-9(13-7-4-5-7)14(8)6-12-10/h1-3,6-7,13H,4-5H2. The highest BCUT2D eigenvalue weighted by Gasteiger charge is 2.21. The van der Waals surface area contributed by atoms with Gasteiger partial charge in [-0.05, 0) is 25.0 Å². The molecule has 1 N–H and O–H groups in total. The summed E-state index contributed by atoms with van der Waals surface area (Å²) in [7, 11) is 0. The van der Waals surface area contributed by atoms with Gasteiger partial charge in [0.05, 0.1) is 5.52 Å². The van der Waals surface area contributed by atoms with Crippen molar-refractivity contribution in [3.8, 4) is 0 Å². The molecule has 0 unspecified atom stereocenters. The number of hydrogen-bond acceptors (Lipinski definition) is 2. The number of aromatic nitrogens is 2. The highest BCUT2D eigenvalue weighted by Crippen LogP contribution is 2.26. The number of anilines is 1. The van der Waals surface area contributed by atoms with Gasteiger partial charge in [0.2, 0.25) is 0 Å². The summed E-state index contributed by atoms with van der Waals surface area (Å²) in [5.74, 6) is 1.07. The van der Waals surface area contributed by atoms with E-state index in [1.165, 1.54) is 12.8 Å². The lowest BCUT2D eigenvalue weighted by Gasteiger charge is -2.06. The number of hydrogen-bond donors (Lipinski definition) is 1. The van der Waals surface area contributed by atoms with Crippen molar-refractivity contribution in [3.05, 3.63) is 29.7 Å². The summed E-state index contributed by atoms with van der Waals surface area (Å²) in [4.78, 5) is 4.07. The Balaban J connectivity index is 2.12. The third-order valence-corrected chi connectivity index (χ3v) is 2.75. The van der Waals surface area contributed by atoms with Gasteiger partial charge in [-0.15, -0.1) is 0 Å². The van der Waals surface area contributed by atoms with Crippen LogP contribution in [-0.2, 0) is 0 Å². The lowest BCUT2D eigenvalue weighted by atomic mass is 10.4. The summed E-state index contributed by atoms with van der Waals surface area (Å²) in [6, 6.07) is 6.64. The molecule has 3 rings (SSSR count). The summed E-state index contributed by atoms with van der Waals surface area (Å²) in [6.45, 7) is 0. The van der Waals surface area contributed by atoms with Crippen LogP contribution in [0.3, 0.4) is 0 Å². The predicted octanol–water partition coefficient (Wildman–Crippen LogP) is 2.56. The maximum absolute atomic E-state index is 5.94. The van der Waals surface area contributed by atoms with Crippen molar-refractivity contribution in [1.82, 2.24) is 9.38 Å². The van der Waals surface area contributed by atoms with Crippen molar-refractivity contribution in [2.45, 2.75) is 18.9 Å². The maximum atomic E-state index is 5.94. The Hall–Kier alpha value is -1.22. The van der Waals surface area contributed by atoms with Gasteiger partial charge < -0.3 is 5.32 Å². The first kappa shape index (κ1) is 8.12. The number of fused-ring (bicyclic) bond motifs is 1. The summed E-state index contributed by atoms with van der Waals surface area (Å²) in [5.41, 5.74) is 0.956. The van der Waals surface area contributed by atoms with Crippen LogP contribution in [0.2, 0.25) is 5.15 Å². The highest BCUT2D eigenvalue weighted by atomic mass is 35.5. The lowest BCUT2D eigenvalue weighted by molar-refractivity contribution is 1.07. The van der Waals surface area contributed by atoms with Crippen LogP contribution in [0.25, 0.3) is 5.52 Å². The molecule has 0 spiro atoms. The van der Waals surface area contributed by atoms with Gasteiger partial charge in [-0.1, -0.05) is 17.7 Å². The van der Waals surface area contributed by atoms with Crippen molar-refractivity contribution in [2.75, 3.05) is 5.32 Å². The van der Waals surface area contributed by atoms with E-state index in [-0.39, 0.29) is 0 Å². The Bertz CT molecular complexity index is 473. The monoisotopic (exact) mass is 207 g/mol. The van der Waals surface area contributed by atoms with Crippen LogP contribution in [-0.4, -0.2) is 15.4 Å². The predicted molar refractivity (Wildman–Crippen MR) is 56.8 cm³/mol. The largest absolute Gasteiger partial charge is 0.368 e. The molecule has 2 aromatic rings. The molecular weight excluding hydrogens is 198 g/mol. The SMILES string of the molecule is Clc1ncn2c(NC3CC3)cccc12. The zero-order valence-electron chi connectivity index (χ0n) is 7.57. The molecule has 0 radical (unpaired) electrons. The molecule has 0 aliphatic heterocycles.